The SMILES string of the molecule is COc1ccc(O)c(/C(C)=N\NC(N)=O)c1. The Balaban J connectivity index is 3.01. The van der Waals surface area contributed by atoms with Crippen LogP contribution in [0, 0.1) is 0 Å². The number of rotatable bonds is 3. The molecule has 1 rings (SSSR count). The van der Waals surface area contributed by atoms with Gasteiger partial charge in [0, 0.05) is 5.56 Å². The van der Waals surface area contributed by atoms with E-state index in [-0.39, 0.29) is 5.75 Å². The zero-order valence-corrected chi connectivity index (χ0v) is 9.02. The van der Waals surface area contributed by atoms with Gasteiger partial charge in [-0.2, -0.15) is 5.10 Å². The number of methoxy groups -OCH3 is 1. The molecular weight excluding hydrogens is 210 g/mol. The molecule has 0 aliphatic heterocycles. The number of carbonyl (C=O) groups excluding carboxylic acids is 1. The lowest BCUT2D eigenvalue weighted by atomic mass is 10.1. The minimum atomic E-state index is -0.762. The standard InChI is InChI=1S/C10H13N3O3/c1-6(12-13-10(11)15)8-5-7(16-2)3-4-9(8)14/h3-5,14H,1-2H3,(H3,11,13,15)/b12-6-. The van der Waals surface area contributed by atoms with Crippen molar-refractivity contribution in [3.05, 3.63) is 23.8 Å². The predicted octanol–water partition coefficient (Wildman–Crippen LogP) is 0.793. The third-order valence-corrected chi connectivity index (χ3v) is 1.93. The number of amides is 2. The van der Waals surface area contributed by atoms with Gasteiger partial charge in [0.15, 0.2) is 0 Å². The molecule has 0 aliphatic carbocycles. The van der Waals surface area contributed by atoms with E-state index in [0.29, 0.717) is 17.0 Å². The number of phenolic OH excluding ortho intramolecular Hbond substituents is 1. The predicted molar refractivity (Wildman–Crippen MR) is 59.6 cm³/mol. The molecular formula is C10H13N3O3. The summed E-state index contributed by atoms with van der Waals surface area (Å²) in [6.45, 7) is 1.63. The Hall–Kier alpha value is -2.24. The normalized spacial score (nSPS) is 11.0. The summed E-state index contributed by atoms with van der Waals surface area (Å²) in [4.78, 5) is 10.5. The van der Waals surface area contributed by atoms with Crippen molar-refractivity contribution in [3.63, 3.8) is 0 Å². The molecule has 0 bridgehead atoms. The number of hydrogen-bond donors (Lipinski definition) is 3. The lowest BCUT2D eigenvalue weighted by Crippen LogP contribution is -2.25. The molecule has 0 radical (unpaired) electrons. The average molecular weight is 223 g/mol. The van der Waals surface area contributed by atoms with Crippen molar-refractivity contribution in [2.24, 2.45) is 10.8 Å². The highest BCUT2D eigenvalue weighted by Crippen LogP contribution is 2.23. The van der Waals surface area contributed by atoms with Crippen molar-refractivity contribution in [2.45, 2.75) is 6.92 Å². The van der Waals surface area contributed by atoms with Crippen LogP contribution in [0.2, 0.25) is 0 Å². The molecule has 0 fully saturated rings. The van der Waals surface area contributed by atoms with Gasteiger partial charge in [-0.1, -0.05) is 0 Å². The first-order chi connectivity index (χ1) is 7.54. The molecule has 4 N–H and O–H groups in total. The highest BCUT2D eigenvalue weighted by molar-refractivity contribution is 6.01. The molecule has 0 saturated heterocycles. The zero-order valence-electron chi connectivity index (χ0n) is 9.02. The van der Waals surface area contributed by atoms with Crippen LogP contribution in [0.4, 0.5) is 4.79 Å². The second-order valence-corrected chi connectivity index (χ2v) is 3.06. The van der Waals surface area contributed by atoms with E-state index in [0.717, 1.165) is 0 Å². The second kappa shape index (κ2) is 5.01. The number of urea groups is 1. The molecule has 0 aliphatic rings. The summed E-state index contributed by atoms with van der Waals surface area (Å²) in [5.41, 5.74) is 7.84. The monoisotopic (exact) mass is 223 g/mol. The van der Waals surface area contributed by atoms with Crippen LogP contribution in [0.1, 0.15) is 12.5 Å². The number of aromatic hydroxyl groups is 1. The first-order valence-electron chi connectivity index (χ1n) is 4.51. The fourth-order valence-electron chi connectivity index (χ4n) is 1.13. The van der Waals surface area contributed by atoms with Crippen LogP contribution in [-0.2, 0) is 0 Å². The highest BCUT2D eigenvalue weighted by atomic mass is 16.5. The van der Waals surface area contributed by atoms with Crippen molar-refractivity contribution in [1.29, 1.82) is 0 Å². The van der Waals surface area contributed by atoms with Crippen LogP contribution in [0.5, 0.6) is 11.5 Å². The Morgan fingerprint density at radius 3 is 2.81 bits per heavy atom. The summed E-state index contributed by atoms with van der Waals surface area (Å²) in [7, 11) is 1.52. The van der Waals surface area contributed by atoms with Gasteiger partial charge in [-0.15, -0.1) is 0 Å². The molecule has 0 unspecified atom stereocenters. The first kappa shape index (κ1) is 11.8. The smallest absolute Gasteiger partial charge is 0.332 e. The summed E-state index contributed by atoms with van der Waals surface area (Å²) >= 11 is 0. The maximum Gasteiger partial charge on any atom is 0.332 e. The third-order valence-electron chi connectivity index (χ3n) is 1.93. The first-order valence-corrected chi connectivity index (χ1v) is 4.51. The Labute approximate surface area is 92.7 Å². The molecule has 1 aromatic rings. The van der Waals surface area contributed by atoms with E-state index in [9.17, 15) is 9.90 Å². The minimum absolute atomic E-state index is 0.0494. The molecule has 0 saturated carbocycles. The summed E-state index contributed by atoms with van der Waals surface area (Å²) in [5, 5.41) is 13.3. The number of nitrogens with two attached hydrogens (primary N) is 1. The Kier molecular flexibility index (Phi) is 3.71. The lowest BCUT2D eigenvalue weighted by molar-refractivity contribution is 0.249. The molecule has 0 spiro atoms. The third kappa shape index (κ3) is 2.88. The maximum absolute atomic E-state index is 10.5. The summed E-state index contributed by atoms with van der Waals surface area (Å²) < 4.78 is 5.01. The van der Waals surface area contributed by atoms with E-state index >= 15 is 0 Å². The molecule has 86 valence electrons. The molecule has 16 heavy (non-hydrogen) atoms. The van der Waals surface area contributed by atoms with Crippen LogP contribution < -0.4 is 15.9 Å². The maximum atomic E-state index is 10.5. The van der Waals surface area contributed by atoms with Crippen LogP contribution in [0.25, 0.3) is 0 Å². The van der Waals surface area contributed by atoms with Gasteiger partial charge in [0.2, 0.25) is 0 Å². The quantitative estimate of drug-likeness (QED) is 0.522. The Bertz CT molecular complexity index is 429. The molecule has 2 amide bonds. The number of nitrogens with zero attached hydrogens (tertiary/aromatic N) is 1. The Morgan fingerprint density at radius 2 is 2.25 bits per heavy atom. The number of benzene rings is 1. The number of phenols is 1. The fraction of sp³-hybridized carbons (Fsp3) is 0.200. The van der Waals surface area contributed by atoms with Crippen LogP contribution in [0.15, 0.2) is 23.3 Å². The number of hydrogen-bond acceptors (Lipinski definition) is 4. The van der Waals surface area contributed by atoms with Crippen LogP contribution in [0.3, 0.4) is 0 Å². The largest absolute Gasteiger partial charge is 0.507 e. The van der Waals surface area contributed by atoms with Gasteiger partial charge < -0.3 is 15.6 Å². The second-order valence-electron chi connectivity index (χ2n) is 3.06. The van der Waals surface area contributed by atoms with Gasteiger partial charge >= 0.3 is 6.03 Å². The van der Waals surface area contributed by atoms with Gasteiger partial charge in [-0.3, -0.25) is 0 Å². The van der Waals surface area contributed by atoms with Crippen LogP contribution in [-0.4, -0.2) is 24.0 Å². The molecule has 0 atom stereocenters. The molecule has 1 aromatic carbocycles. The van der Waals surface area contributed by atoms with E-state index in [1.54, 1.807) is 19.1 Å². The number of carbonyl (C=O) groups is 1. The Morgan fingerprint density at radius 1 is 1.56 bits per heavy atom. The van der Waals surface area contributed by atoms with Crippen molar-refractivity contribution < 1.29 is 14.6 Å². The number of nitrogens with one attached hydrogen (secondary N) is 1. The van der Waals surface area contributed by atoms with E-state index in [2.05, 4.69) is 10.5 Å². The number of primary amides is 1. The minimum Gasteiger partial charge on any atom is -0.507 e. The average Bonchev–Trinajstić information content (AvgIpc) is 2.26. The molecule has 6 heteroatoms. The van der Waals surface area contributed by atoms with Crippen LogP contribution >= 0.6 is 0 Å². The van der Waals surface area contributed by atoms with Crippen molar-refractivity contribution >= 4 is 11.7 Å². The van der Waals surface area contributed by atoms with Gasteiger partial charge in [0.25, 0.3) is 0 Å². The van der Waals surface area contributed by atoms with E-state index in [1.807, 2.05) is 0 Å². The summed E-state index contributed by atoms with van der Waals surface area (Å²) in [6, 6.07) is 3.95. The zero-order chi connectivity index (χ0) is 12.1. The van der Waals surface area contributed by atoms with Crippen molar-refractivity contribution in [3.8, 4) is 11.5 Å². The summed E-state index contributed by atoms with van der Waals surface area (Å²) in [6.07, 6.45) is 0. The molecule has 0 heterocycles. The van der Waals surface area contributed by atoms with Crippen molar-refractivity contribution in [2.75, 3.05) is 7.11 Å². The van der Waals surface area contributed by atoms with E-state index in [4.69, 9.17) is 10.5 Å². The number of ether oxygens (including phenoxy) is 1. The fourth-order valence-corrected chi connectivity index (χ4v) is 1.13. The van der Waals surface area contributed by atoms with Gasteiger partial charge in [-0.25, -0.2) is 10.2 Å². The van der Waals surface area contributed by atoms with Gasteiger partial charge in [-0.05, 0) is 25.1 Å². The van der Waals surface area contributed by atoms with E-state index < -0.39 is 6.03 Å². The summed E-state index contributed by atoms with van der Waals surface area (Å²) in [5.74, 6) is 0.634. The molecule has 6 nitrogen and oxygen atoms in total. The van der Waals surface area contributed by atoms with Crippen molar-refractivity contribution in [1.82, 2.24) is 5.43 Å². The topological polar surface area (TPSA) is 96.9 Å². The highest BCUT2D eigenvalue weighted by Gasteiger charge is 2.06. The lowest BCUT2D eigenvalue weighted by Gasteiger charge is -2.06. The van der Waals surface area contributed by atoms with Gasteiger partial charge in [0.1, 0.15) is 11.5 Å². The van der Waals surface area contributed by atoms with E-state index in [1.165, 1.54) is 13.2 Å². The molecule has 0 aromatic heterocycles. The van der Waals surface area contributed by atoms with Gasteiger partial charge in [0.05, 0.1) is 12.8 Å². The number of hydrazone groups is 1.